The van der Waals surface area contributed by atoms with Crippen molar-refractivity contribution in [2.24, 2.45) is 0 Å². The molecule has 2 aromatic rings. The van der Waals surface area contributed by atoms with Gasteiger partial charge in [0.2, 0.25) is 9.84 Å². The van der Waals surface area contributed by atoms with Crippen LogP contribution in [-0.2, 0) is 20.8 Å². The fourth-order valence-corrected chi connectivity index (χ4v) is 3.81. The Bertz CT molecular complexity index is 892. The molecule has 0 bridgehead atoms. The van der Waals surface area contributed by atoms with E-state index >= 15 is 0 Å². The highest BCUT2D eigenvalue weighted by atomic mass is 79.9. The van der Waals surface area contributed by atoms with Gasteiger partial charge in [0, 0.05) is 4.47 Å². The predicted octanol–water partition coefficient (Wildman–Crippen LogP) is 4.09. The predicted molar refractivity (Wildman–Crippen MR) is 82.4 cm³/mol. The Kier molecular flexibility index (Phi) is 5.05. The first-order valence-electron chi connectivity index (χ1n) is 6.37. The number of halogens is 4. The van der Waals surface area contributed by atoms with Gasteiger partial charge in [0.25, 0.3) is 0 Å². The van der Waals surface area contributed by atoms with Crippen LogP contribution in [0.15, 0.2) is 56.7 Å². The van der Waals surface area contributed by atoms with E-state index in [4.69, 9.17) is 0 Å². The molecule has 4 nitrogen and oxygen atoms in total. The number of hydrogen-bond donors (Lipinski definition) is 0. The van der Waals surface area contributed by atoms with Gasteiger partial charge in [-0.2, -0.15) is 13.2 Å². The van der Waals surface area contributed by atoms with Crippen LogP contribution in [0, 0.1) is 0 Å². The number of hydrogen-bond acceptors (Lipinski definition) is 4. The lowest BCUT2D eigenvalue weighted by atomic mass is 10.2. The second-order valence-electron chi connectivity index (χ2n) is 4.66. The Hall–Kier alpha value is -1.87. The highest BCUT2D eigenvalue weighted by Gasteiger charge is 2.33. The van der Waals surface area contributed by atoms with Crippen molar-refractivity contribution in [3.63, 3.8) is 0 Å². The van der Waals surface area contributed by atoms with E-state index in [1.54, 1.807) is 0 Å². The molecule has 0 saturated heterocycles. The molecule has 0 aliphatic carbocycles. The lowest BCUT2D eigenvalue weighted by Gasteiger charge is -2.12. The van der Waals surface area contributed by atoms with Gasteiger partial charge in [0.05, 0.1) is 28.0 Å². The molecule has 0 aliphatic heterocycles. The van der Waals surface area contributed by atoms with Crippen molar-refractivity contribution in [2.75, 3.05) is 7.11 Å². The third-order valence-electron chi connectivity index (χ3n) is 3.11. The Morgan fingerprint density at radius 3 is 2.38 bits per heavy atom. The number of sulfone groups is 1. The molecule has 2 aromatic carbocycles. The van der Waals surface area contributed by atoms with Gasteiger partial charge in [0.1, 0.15) is 0 Å². The van der Waals surface area contributed by atoms with Gasteiger partial charge in [-0.25, -0.2) is 13.2 Å². The van der Waals surface area contributed by atoms with E-state index in [-0.39, 0.29) is 5.56 Å². The van der Waals surface area contributed by atoms with Gasteiger partial charge in [-0.1, -0.05) is 22.0 Å². The molecule has 9 heteroatoms. The summed E-state index contributed by atoms with van der Waals surface area (Å²) in [5.74, 6) is -0.915. The van der Waals surface area contributed by atoms with Crippen molar-refractivity contribution in [3.05, 3.63) is 58.1 Å². The zero-order valence-corrected chi connectivity index (χ0v) is 14.5. The molecule has 0 atom stereocenters. The summed E-state index contributed by atoms with van der Waals surface area (Å²) in [5, 5.41) is 0. The van der Waals surface area contributed by atoms with Crippen LogP contribution < -0.4 is 0 Å². The van der Waals surface area contributed by atoms with Crippen molar-refractivity contribution in [1.29, 1.82) is 0 Å². The summed E-state index contributed by atoms with van der Waals surface area (Å²) in [4.78, 5) is 10.8. The zero-order chi connectivity index (χ0) is 18.1. The molecule has 24 heavy (non-hydrogen) atoms. The molecule has 0 amide bonds. The molecule has 0 aromatic heterocycles. The van der Waals surface area contributed by atoms with E-state index in [0.717, 1.165) is 31.4 Å². The fraction of sp³-hybridized carbons (Fsp3) is 0.133. The van der Waals surface area contributed by atoms with Crippen LogP contribution >= 0.6 is 15.9 Å². The zero-order valence-electron chi connectivity index (χ0n) is 12.1. The first-order chi connectivity index (χ1) is 11.1. The summed E-state index contributed by atoms with van der Waals surface area (Å²) >= 11 is 3.10. The van der Waals surface area contributed by atoms with Crippen LogP contribution in [0.2, 0.25) is 0 Å². The van der Waals surface area contributed by atoms with Crippen LogP contribution in [0.25, 0.3) is 0 Å². The molecule has 0 aliphatic rings. The first-order valence-corrected chi connectivity index (χ1v) is 8.65. The van der Waals surface area contributed by atoms with Crippen molar-refractivity contribution in [3.8, 4) is 0 Å². The number of benzene rings is 2. The summed E-state index contributed by atoms with van der Waals surface area (Å²) in [6.45, 7) is 0. The molecule has 0 heterocycles. The lowest BCUT2D eigenvalue weighted by molar-refractivity contribution is -0.137. The largest absolute Gasteiger partial charge is 0.465 e. The minimum atomic E-state index is -4.68. The number of esters is 1. The van der Waals surface area contributed by atoms with Crippen molar-refractivity contribution < 1.29 is 31.1 Å². The maximum Gasteiger partial charge on any atom is 0.416 e. The van der Waals surface area contributed by atoms with E-state index < -0.39 is 37.3 Å². The molecular weight excluding hydrogens is 413 g/mol. The quantitative estimate of drug-likeness (QED) is 0.698. The smallest absolute Gasteiger partial charge is 0.416 e. The minimum Gasteiger partial charge on any atom is -0.465 e. The topological polar surface area (TPSA) is 60.4 Å². The number of alkyl halides is 3. The van der Waals surface area contributed by atoms with Gasteiger partial charge in [0.15, 0.2) is 0 Å². The highest BCUT2D eigenvalue weighted by molar-refractivity contribution is 9.10. The third kappa shape index (κ3) is 3.62. The van der Waals surface area contributed by atoms with Crippen molar-refractivity contribution >= 4 is 31.7 Å². The van der Waals surface area contributed by atoms with Crippen LogP contribution in [-0.4, -0.2) is 21.5 Å². The van der Waals surface area contributed by atoms with E-state index in [1.807, 2.05) is 0 Å². The third-order valence-corrected chi connectivity index (χ3v) is 5.41. The number of ether oxygens (including phenoxy) is 1. The second kappa shape index (κ2) is 6.56. The van der Waals surface area contributed by atoms with E-state index in [2.05, 4.69) is 20.7 Å². The van der Waals surface area contributed by atoms with Gasteiger partial charge in [-0.05, 0) is 36.4 Å². The second-order valence-corrected chi connectivity index (χ2v) is 7.49. The normalized spacial score (nSPS) is 12.0. The summed E-state index contributed by atoms with van der Waals surface area (Å²) < 4.78 is 68.7. The molecule has 0 spiro atoms. The molecule has 0 N–H and O–H groups in total. The Labute approximate surface area is 144 Å². The molecule has 2 rings (SSSR count). The summed E-state index contributed by atoms with van der Waals surface area (Å²) in [5.41, 5.74) is -1.37. The average molecular weight is 423 g/mol. The van der Waals surface area contributed by atoms with Crippen LogP contribution in [0.3, 0.4) is 0 Å². The fourth-order valence-electron chi connectivity index (χ4n) is 1.97. The molecule has 0 saturated carbocycles. The Morgan fingerprint density at radius 1 is 1.12 bits per heavy atom. The standard InChI is InChI=1S/C15H10BrF3O4S/c1-23-14(20)12-8-10(16)5-6-13(12)24(21,22)11-4-2-3-9(7-11)15(17,18)19/h2-8H,1H3. The maximum absolute atomic E-state index is 12.8. The minimum absolute atomic E-state index is 0.274. The number of carbonyl (C=O) groups is 1. The molecule has 0 fully saturated rings. The summed E-state index contributed by atoms with van der Waals surface area (Å²) in [7, 11) is -3.27. The van der Waals surface area contributed by atoms with Crippen molar-refractivity contribution in [1.82, 2.24) is 0 Å². The molecule has 0 radical (unpaired) electrons. The maximum atomic E-state index is 12.8. The SMILES string of the molecule is COC(=O)c1cc(Br)ccc1S(=O)(=O)c1cccc(C(F)(F)F)c1. The van der Waals surface area contributed by atoms with Crippen LogP contribution in [0.4, 0.5) is 13.2 Å². The molecule has 128 valence electrons. The monoisotopic (exact) mass is 422 g/mol. The van der Waals surface area contributed by atoms with Gasteiger partial charge in [-0.3, -0.25) is 0 Å². The summed E-state index contributed by atoms with van der Waals surface area (Å²) in [6.07, 6.45) is -4.68. The van der Waals surface area contributed by atoms with Gasteiger partial charge in [-0.15, -0.1) is 0 Å². The highest BCUT2D eigenvalue weighted by Crippen LogP contribution is 2.33. The number of methoxy groups -OCH3 is 1. The average Bonchev–Trinajstić information content (AvgIpc) is 2.53. The van der Waals surface area contributed by atoms with Crippen molar-refractivity contribution in [2.45, 2.75) is 16.0 Å². The van der Waals surface area contributed by atoms with E-state index in [9.17, 15) is 26.4 Å². The number of carbonyl (C=O) groups excluding carboxylic acids is 1. The number of rotatable bonds is 3. The Balaban J connectivity index is 2.67. The van der Waals surface area contributed by atoms with Crippen LogP contribution in [0.5, 0.6) is 0 Å². The van der Waals surface area contributed by atoms with Gasteiger partial charge < -0.3 is 4.74 Å². The van der Waals surface area contributed by atoms with Crippen LogP contribution in [0.1, 0.15) is 15.9 Å². The Morgan fingerprint density at radius 2 is 1.79 bits per heavy atom. The van der Waals surface area contributed by atoms with Gasteiger partial charge >= 0.3 is 12.1 Å². The lowest BCUT2D eigenvalue weighted by Crippen LogP contribution is -2.12. The van der Waals surface area contributed by atoms with E-state index in [0.29, 0.717) is 10.5 Å². The molecular formula is C15H10BrF3O4S. The van der Waals surface area contributed by atoms with E-state index in [1.165, 1.54) is 12.1 Å². The first kappa shape index (κ1) is 18.5. The molecule has 0 unspecified atom stereocenters. The summed E-state index contributed by atoms with van der Waals surface area (Å²) in [6, 6.07) is 7.05.